The van der Waals surface area contributed by atoms with Crippen LogP contribution in [0.1, 0.15) is 28.5 Å². The van der Waals surface area contributed by atoms with Crippen molar-refractivity contribution in [2.45, 2.75) is 26.3 Å². The maximum Gasteiger partial charge on any atom is 0.340 e. The number of hydrogen-bond donors (Lipinski definition) is 2. The summed E-state index contributed by atoms with van der Waals surface area (Å²) in [7, 11) is 0. The van der Waals surface area contributed by atoms with Crippen molar-refractivity contribution in [1.29, 1.82) is 0 Å². The first-order valence-electron chi connectivity index (χ1n) is 8.83. The summed E-state index contributed by atoms with van der Waals surface area (Å²) in [4.78, 5) is 28.4. The number of rotatable bonds is 10. The molecule has 1 aromatic rings. The Bertz CT molecular complexity index is 555. The van der Waals surface area contributed by atoms with E-state index in [9.17, 15) is 9.70 Å². The number of carbonyl (C=O) groups excluding carboxylic acids is 1. The number of hydrogen-bond acceptors (Lipinski definition) is 7. The van der Waals surface area contributed by atoms with Crippen molar-refractivity contribution in [3.8, 4) is 0 Å². The zero-order valence-electron chi connectivity index (χ0n) is 15.0. The third-order valence-corrected chi connectivity index (χ3v) is 4.29. The van der Waals surface area contributed by atoms with Gasteiger partial charge in [0.15, 0.2) is 0 Å². The number of aromatic amines is 1. The van der Waals surface area contributed by atoms with E-state index in [1.807, 2.05) is 13.1 Å². The minimum absolute atomic E-state index is 0.284. The Morgan fingerprint density at radius 1 is 1.48 bits per heavy atom. The molecule has 0 bridgehead atoms. The highest BCUT2D eigenvalue weighted by molar-refractivity contribution is 5.92. The number of aryl methyl sites for hydroxylation is 1. The van der Waals surface area contributed by atoms with E-state index in [1.54, 1.807) is 6.92 Å². The van der Waals surface area contributed by atoms with Gasteiger partial charge in [-0.2, -0.15) is 4.91 Å². The van der Waals surface area contributed by atoms with E-state index in [0.29, 0.717) is 51.4 Å². The Morgan fingerprint density at radius 2 is 2.24 bits per heavy atom. The maximum absolute atomic E-state index is 12.0. The highest BCUT2D eigenvalue weighted by Crippen LogP contribution is 2.15. The van der Waals surface area contributed by atoms with Gasteiger partial charge in [-0.25, -0.2) is 4.79 Å². The summed E-state index contributed by atoms with van der Waals surface area (Å²) >= 11 is 0. The number of esters is 1. The Hall–Kier alpha value is -1.77. The lowest BCUT2D eigenvalue weighted by Gasteiger charge is -2.28. The molecule has 0 spiro atoms. The Morgan fingerprint density at radius 3 is 2.92 bits per heavy atom. The number of morpholine rings is 1. The standard InChI is InChI=1S/C17H28N4O4/c1-3-25-17(22)16-13(2)10-19-15(16)4-5-18-11-14(20-23)12-21-6-8-24-9-7-21/h10,14,18-19H,3-9,11-12H2,1-2H3/t14-/m0/s1. The van der Waals surface area contributed by atoms with Crippen LogP contribution in [0.15, 0.2) is 11.4 Å². The molecule has 2 rings (SSSR count). The van der Waals surface area contributed by atoms with Crippen LogP contribution in [0.25, 0.3) is 0 Å². The van der Waals surface area contributed by atoms with Crippen LogP contribution in [-0.4, -0.2) is 74.4 Å². The topological polar surface area (TPSA) is 96.0 Å². The lowest BCUT2D eigenvalue weighted by molar-refractivity contribution is 0.0354. The molecule has 0 saturated carbocycles. The predicted octanol–water partition coefficient (Wildman–Crippen LogP) is 1.10. The molecule has 0 aromatic carbocycles. The van der Waals surface area contributed by atoms with Gasteiger partial charge in [0, 0.05) is 51.0 Å². The van der Waals surface area contributed by atoms with Gasteiger partial charge in [0.2, 0.25) is 0 Å². The third kappa shape index (κ3) is 5.91. The molecule has 0 amide bonds. The van der Waals surface area contributed by atoms with Gasteiger partial charge in [0.1, 0.15) is 6.04 Å². The average Bonchev–Trinajstić information content (AvgIpc) is 2.99. The minimum atomic E-state index is -0.295. The van der Waals surface area contributed by atoms with E-state index in [0.717, 1.165) is 24.3 Å². The summed E-state index contributed by atoms with van der Waals surface area (Å²) < 4.78 is 10.4. The second-order valence-corrected chi connectivity index (χ2v) is 6.17. The summed E-state index contributed by atoms with van der Waals surface area (Å²) in [6.45, 7) is 8.97. The molecule has 1 aromatic heterocycles. The van der Waals surface area contributed by atoms with E-state index in [2.05, 4.69) is 20.4 Å². The van der Waals surface area contributed by atoms with Crippen LogP contribution in [0.2, 0.25) is 0 Å². The van der Waals surface area contributed by atoms with Gasteiger partial charge in [-0.05, 0) is 19.4 Å². The molecular formula is C17H28N4O4. The van der Waals surface area contributed by atoms with E-state index < -0.39 is 0 Å². The van der Waals surface area contributed by atoms with Gasteiger partial charge < -0.3 is 19.8 Å². The monoisotopic (exact) mass is 352 g/mol. The van der Waals surface area contributed by atoms with E-state index in [-0.39, 0.29) is 12.0 Å². The van der Waals surface area contributed by atoms with Gasteiger partial charge in [0.05, 0.1) is 25.4 Å². The molecule has 0 aliphatic carbocycles. The van der Waals surface area contributed by atoms with E-state index in [4.69, 9.17) is 9.47 Å². The summed E-state index contributed by atoms with van der Waals surface area (Å²) in [5, 5.41) is 6.48. The van der Waals surface area contributed by atoms with E-state index >= 15 is 0 Å². The molecular weight excluding hydrogens is 324 g/mol. The molecule has 2 N–H and O–H groups in total. The molecule has 25 heavy (non-hydrogen) atoms. The van der Waals surface area contributed by atoms with Gasteiger partial charge >= 0.3 is 5.97 Å². The zero-order chi connectivity index (χ0) is 18.1. The molecule has 140 valence electrons. The minimum Gasteiger partial charge on any atom is -0.462 e. The molecule has 1 saturated heterocycles. The summed E-state index contributed by atoms with van der Waals surface area (Å²) in [5.41, 5.74) is 2.35. The summed E-state index contributed by atoms with van der Waals surface area (Å²) in [6.07, 6.45) is 2.47. The molecule has 1 aliphatic rings. The second-order valence-electron chi connectivity index (χ2n) is 6.17. The highest BCUT2D eigenvalue weighted by Gasteiger charge is 2.19. The predicted molar refractivity (Wildman–Crippen MR) is 94.9 cm³/mol. The Labute approximate surface area is 148 Å². The van der Waals surface area contributed by atoms with Crippen LogP contribution in [0, 0.1) is 11.8 Å². The normalized spacial score (nSPS) is 16.6. The number of aromatic nitrogens is 1. The highest BCUT2D eigenvalue weighted by atomic mass is 16.5. The lowest BCUT2D eigenvalue weighted by atomic mass is 10.1. The molecule has 0 radical (unpaired) electrons. The molecule has 2 heterocycles. The fourth-order valence-corrected chi connectivity index (χ4v) is 2.96. The van der Waals surface area contributed by atoms with Crippen molar-refractivity contribution in [3.63, 3.8) is 0 Å². The van der Waals surface area contributed by atoms with Crippen molar-refractivity contribution < 1.29 is 14.3 Å². The molecule has 1 atom stereocenters. The van der Waals surface area contributed by atoms with Crippen LogP contribution < -0.4 is 5.32 Å². The maximum atomic E-state index is 12.0. The van der Waals surface area contributed by atoms with Crippen LogP contribution in [0.4, 0.5) is 0 Å². The number of nitrogens with zero attached hydrogens (tertiary/aromatic N) is 2. The third-order valence-electron chi connectivity index (χ3n) is 4.29. The molecule has 1 aliphatic heterocycles. The Balaban J connectivity index is 1.76. The van der Waals surface area contributed by atoms with Crippen molar-refractivity contribution >= 4 is 5.97 Å². The average molecular weight is 352 g/mol. The van der Waals surface area contributed by atoms with Crippen LogP contribution >= 0.6 is 0 Å². The first-order chi connectivity index (χ1) is 12.2. The Kier molecular flexibility index (Phi) is 8.03. The molecule has 1 fully saturated rings. The molecule has 8 heteroatoms. The lowest BCUT2D eigenvalue weighted by Crippen LogP contribution is -2.43. The quantitative estimate of drug-likeness (QED) is 0.372. The number of nitrogens with one attached hydrogen (secondary N) is 2. The first-order valence-corrected chi connectivity index (χ1v) is 8.83. The van der Waals surface area contributed by atoms with Gasteiger partial charge in [-0.15, -0.1) is 0 Å². The smallest absolute Gasteiger partial charge is 0.340 e. The van der Waals surface area contributed by atoms with Crippen molar-refractivity contribution in [2.24, 2.45) is 5.18 Å². The van der Waals surface area contributed by atoms with Gasteiger partial charge in [0.25, 0.3) is 0 Å². The van der Waals surface area contributed by atoms with Crippen molar-refractivity contribution in [1.82, 2.24) is 15.2 Å². The second kappa shape index (κ2) is 10.3. The SMILES string of the molecule is CCOC(=O)c1c(C)c[nH]c1CCNC[C@@H](CN1CCOCC1)N=O. The van der Waals surface area contributed by atoms with Gasteiger partial charge in [-0.1, -0.05) is 5.18 Å². The van der Waals surface area contributed by atoms with Crippen molar-refractivity contribution in [2.75, 3.05) is 52.5 Å². The number of nitroso groups, excluding NO2 is 1. The number of carbonyl (C=O) groups is 1. The van der Waals surface area contributed by atoms with Gasteiger partial charge in [-0.3, -0.25) is 4.90 Å². The fraction of sp³-hybridized carbons (Fsp3) is 0.706. The fourth-order valence-electron chi connectivity index (χ4n) is 2.96. The largest absolute Gasteiger partial charge is 0.462 e. The van der Waals surface area contributed by atoms with Crippen LogP contribution in [0.3, 0.4) is 0 Å². The molecule has 0 unspecified atom stereocenters. The van der Waals surface area contributed by atoms with Crippen molar-refractivity contribution in [3.05, 3.63) is 27.9 Å². The summed E-state index contributed by atoms with van der Waals surface area (Å²) in [6, 6.07) is -0.284. The number of H-pyrrole nitrogens is 1. The number of ether oxygens (including phenoxy) is 2. The first kappa shape index (κ1) is 19.6. The van der Waals surface area contributed by atoms with E-state index in [1.165, 1.54) is 0 Å². The van der Waals surface area contributed by atoms with Crippen LogP contribution in [-0.2, 0) is 15.9 Å². The summed E-state index contributed by atoms with van der Waals surface area (Å²) in [5.74, 6) is -0.295. The van der Waals surface area contributed by atoms with Crippen LogP contribution in [0.5, 0.6) is 0 Å². The zero-order valence-corrected chi connectivity index (χ0v) is 15.0. The molecule has 8 nitrogen and oxygen atoms in total.